The maximum absolute atomic E-state index is 12.7. The van der Waals surface area contributed by atoms with Gasteiger partial charge in [0.2, 0.25) is 0 Å². The third-order valence-electron chi connectivity index (χ3n) is 11.3. The number of aliphatic hydroxyl groups excluding tert-OH is 1. The molecular formula is C48H92O7. The minimum absolute atomic E-state index is 0.0672. The highest BCUT2D eigenvalue weighted by Crippen LogP contribution is 2.25. The van der Waals surface area contributed by atoms with Crippen LogP contribution in [-0.2, 0) is 28.6 Å². The molecule has 7 nitrogen and oxygen atoms in total. The van der Waals surface area contributed by atoms with Gasteiger partial charge in [-0.05, 0) is 25.7 Å². The number of esters is 3. The van der Waals surface area contributed by atoms with Crippen molar-refractivity contribution in [3.8, 4) is 0 Å². The Hall–Kier alpha value is -1.63. The van der Waals surface area contributed by atoms with E-state index in [4.69, 9.17) is 14.2 Å². The summed E-state index contributed by atoms with van der Waals surface area (Å²) in [6, 6.07) is 0. The zero-order valence-electron chi connectivity index (χ0n) is 36.9. The van der Waals surface area contributed by atoms with Crippen LogP contribution in [0.3, 0.4) is 0 Å². The number of rotatable bonds is 44. The summed E-state index contributed by atoms with van der Waals surface area (Å²) in [5.74, 6) is -0.839. The van der Waals surface area contributed by atoms with E-state index in [2.05, 4.69) is 20.8 Å². The molecule has 0 bridgehead atoms. The first kappa shape index (κ1) is 53.4. The Bertz CT molecular complexity index is 802. The van der Waals surface area contributed by atoms with Crippen molar-refractivity contribution < 1.29 is 33.7 Å². The summed E-state index contributed by atoms with van der Waals surface area (Å²) >= 11 is 0. The third-order valence-corrected chi connectivity index (χ3v) is 11.3. The molecule has 0 aromatic heterocycles. The Labute approximate surface area is 341 Å². The molecule has 0 amide bonds. The predicted molar refractivity (Wildman–Crippen MR) is 230 cm³/mol. The Morgan fingerprint density at radius 2 is 0.600 bits per heavy atom. The Balaban J connectivity index is 4.58. The van der Waals surface area contributed by atoms with Crippen LogP contribution in [0.4, 0.5) is 0 Å². The highest BCUT2D eigenvalue weighted by molar-refractivity contribution is 5.70. The van der Waals surface area contributed by atoms with E-state index >= 15 is 0 Å². The van der Waals surface area contributed by atoms with Gasteiger partial charge in [-0.3, -0.25) is 14.4 Å². The van der Waals surface area contributed by atoms with Crippen LogP contribution in [0.15, 0.2) is 0 Å². The van der Waals surface area contributed by atoms with Gasteiger partial charge in [-0.2, -0.15) is 0 Å². The second-order valence-corrected chi connectivity index (χ2v) is 16.8. The summed E-state index contributed by atoms with van der Waals surface area (Å²) < 4.78 is 16.9. The van der Waals surface area contributed by atoms with Crippen LogP contribution >= 0.6 is 0 Å². The molecule has 7 heteroatoms. The van der Waals surface area contributed by atoms with Gasteiger partial charge in [0, 0.05) is 19.3 Å². The zero-order valence-corrected chi connectivity index (χ0v) is 36.9. The lowest BCUT2D eigenvalue weighted by Crippen LogP contribution is -2.39. The van der Waals surface area contributed by atoms with Gasteiger partial charge in [-0.1, -0.05) is 213 Å². The number of ether oxygens (including phenoxy) is 3. The van der Waals surface area contributed by atoms with Crippen LogP contribution in [-0.4, -0.2) is 49.4 Å². The van der Waals surface area contributed by atoms with Gasteiger partial charge in [0.05, 0.1) is 18.6 Å². The van der Waals surface area contributed by atoms with Gasteiger partial charge in [0.15, 0.2) is 0 Å². The van der Waals surface area contributed by atoms with Crippen molar-refractivity contribution in [1.29, 1.82) is 0 Å². The molecule has 0 heterocycles. The summed E-state index contributed by atoms with van der Waals surface area (Å²) in [4.78, 5) is 37.9. The number of aliphatic hydroxyl groups is 1. The van der Waals surface area contributed by atoms with Gasteiger partial charge in [-0.25, -0.2) is 0 Å². The van der Waals surface area contributed by atoms with Crippen LogP contribution in [0, 0.1) is 5.41 Å². The molecule has 0 saturated heterocycles. The number of carbonyl (C=O) groups is 3. The van der Waals surface area contributed by atoms with Crippen LogP contribution in [0.25, 0.3) is 0 Å². The minimum Gasteiger partial charge on any atom is -0.466 e. The van der Waals surface area contributed by atoms with Gasteiger partial charge < -0.3 is 19.3 Å². The summed E-state index contributed by atoms with van der Waals surface area (Å²) in [7, 11) is 0. The molecule has 0 aliphatic carbocycles. The number of carbonyl (C=O) groups excluding carboxylic acids is 3. The fourth-order valence-electron chi connectivity index (χ4n) is 7.22. The maximum Gasteiger partial charge on any atom is 0.305 e. The van der Waals surface area contributed by atoms with Crippen LogP contribution in [0.2, 0.25) is 0 Å². The fraction of sp³-hybridized carbons (Fsp3) is 0.938. The molecule has 0 aromatic rings. The molecule has 0 radical (unpaired) electrons. The average molecular weight is 781 g/mol. The van der Waals surface area contributed by atoms with Crippen LogP contribution in [0.5, 0.6) is 0 Å². The van der Waals surface area contributed by atoms with E-state index in [1.807, 2.05) is 0 Å². The summed E-state index contributed by atoms with van der Waals surface area (Å²) in [6.07, 6.45) is 41.4. The Morgan fingerprint density at radius 1 is 0.364 bits per heavy atom. The maximum atomic E-state index is 12.7. The highest BCUT2D eigenvalue weighted by atomic mass is 16.6. The lowest BCUT2D eigenvalue weighted by Gasteiger charge is -2.30. The second kappa shape index (κ2) is 42.0. The lowest BCUT2D eigenvalue weighted by molar-refractivity contribution is -0.160. The van der Waals surface area contributed by atoms with Crippen LogP contribution in [0.1, 0.15) is 258 Å². The summed E-state index contributed by atoms with van der Waals surface area (Å²) in [5.41, 5.74) is -1.00. The van der Waals surface area contributed by atoms with Gasteiger partial charge in [0.1, 0.15) is 13.2 Å². The third kappa shape index (κ3) is 37.7. The first-order chi connectivity index (χ1) is 26.9. The predicted octanol–water partition coefficient (Wildman–Crippen LogP) is 14.1. The average Bonchev–Trinajstić information content (AvgIpc) is 3.19. The van der Waals surface area contributed by atoms with Crippen molar-refractivity contribution in [2.75, 3.05) is 26.4 Å². The first-order valence-electron chi connectivity index (χ1n) is 24.0. The minimum atomic E-state index is -1.00. The van der Waals surface area contributed by atoms with Crippen LogP contribution < -0.4 is 0 Å². The van der Waals surface area contributed by atoms with E-state index in [1.165, 1.54) is 154 Å². The molecule has 1 N–H and O–H groups in total. The molecular weight excluding hydrogens is 689 g/mol. The quantitative estimate of drug-likeness (QED) is 0.0373. The first-order valence-corrected chi connectivity index (χ1v) is 24.0. The summed E-state index contributed by atoms with van der Waals surface area (Å²) in [5, 5.41) is 10.5. The molecule has 0 spiro atoms. The highest BCUT2D eigenvalue weighted by Gasteiger charge is 2.34. The standard InChI is InChI=1S/C48H92O7/c1-4-7-10-13-16-19-22-25-28-31-34-37-45(50)53-41-40-48(42-49,43-54-46(51)38-35-32-29-26-23-20-17-14-11-8-5-2)44-55-47(52)39-36-33-30-27-24-21-18-15-12-9-6-3/h49H,4-44H2,1-3H3. The largest absolute Gasteiger partial charge is 0.466 e. The number of hydrogen-bond donors (Lipinski definition) is 1. The number of unbranched alkanes of at least 4 members (excludes halogenated alkanes) is 30. The molecule has 0 saturated carbocycles. The molecule has 0 aliphatic heterocycles. The van der Waals surface area contributed by atoms with Crippen molar-refractivity contribution in [1.82, 2.24) is 0 Å². The van der Waals surface area contributed by atoms with Crippen molar-refractivity contribution in [2.24, 2.45) is 5.41 Å². The monoisotopic (exact) mass is 781 g/mol. The smallest absolute Gasteiger partial charge is 0.305 e. The van der Waals surface area contributed by atoms with E-state index < -0.39 is 5.41 Å². The molecule has 0 rings (SSSR count). The molecule has 0 unspecified atom stereocenters. The molecule has 326 valence electrons. The fourth-order valence-corrected chi connectivity index (χ4v) is 7.22. The van der Waals surface area contributed by atoms with Gasteiger partial charge >= 0.3 is 17.9 Å². The number of hydrogen-bond acceptors (Lipinski definition) is 7. The van der Waals surface area contributed by atoms with Crippen molar-refractivity contribution in [3.63, 3.8) is 0 Å². The van der Waals surface area contributed by atoms with Gasteiger partial charge in [-0.15, -0.1) is 0 Å². The lowest BCUT2D eigenvalue weighted by atomic mass is 9.87. The van der Waals surface area contributed by atoms with E-state index in [-0.39, 0.29) is 50.8 Å². The molecule has 0 fully saturated rings. The van der Waals surface area contributed by atoms with E-state index in [0.717, 1.165) is 57.8 Å². The molecule has 55 heavy (non-hydrogen) atoms. The summed E-state index contributed by atoms with van der Waals surface area (Å²) in [6.45, 7) is 6.36. The van der Waals surface area contributed by atoms with Crippen molar-refractivity contribution >= 4 is 17.9 Å². The molecule has 0 atom stereocenters. The molecule has 0 aliphatic rings. The Morgan fingerprint density at radius 3 is 0.855 bits per heavy atom. The zero-order chi connectivity index (χ0) is 40.3. The Kier molecular flexibility index (Phi) is 40.7. The second-order valence-electron chi connectivity index (χ2n) is 16.8. The van der Waals surface area contributed by atoms with Crippen molar-refractivity contribution in [2.45, 2.75) is 258 Å². The van der Waals surface area contributed by atoms with Gasteiger partial charge in [0.25, 0.3) is 0 Å². The van der Waals surface area contributed by atoms with E-state index in [0.29, 0.717) is 19.3 Å². The topological polar surface area (TPSA) is 99.1 Å². The van der Waals surface area contributed by atoms with E-state index in [1.54, 1.807) is 0 Å². The van der Waals surface area contributed by atoms with Crippen molar-refractivity contribution in [3.05, 3.63) is 0 Å². The normalized spacial score (nSPS) is 11.6. The van der Waals surface area contributed by atoms with E-state index in [9.17, 15) is 19.5 Å². The SMILES string of the molecule is CCCCCCCCCCCCCC(=O)OCCC(CO)(COC(=O)CCCCCCCCCCCCC)COC(=O)CCCCCCCCCCCCC. The molecule has 0 aromatic carbocycles.